The standard InChI is InChI=1S/C18H20N2O3/c1-22-16-10-8-14(9-11-16)17(20-23-2)12-13-18(21)19-15-6-4-3-5-7-15/h3-11H,12-13H2,1-2H3,(H,19,21). The fourth-order valence-electron chi connectivity index (χ4n) is 2.11. The molecule has 0 aliphatic heterocycles. The van der Waals surface area contributed by atoms with Crippen molar-refractivity contribution in [3.63, 3.8) is 0 Å². The number of methoxy groups -OCH3 is 1. The van der Waals surface area contributed by atoms with Crippen LogP contribution in [0.1, 0.15) is 18.4 Å². The van der Waals surface area contributed by atoms with Crippen molar-refractivity contribution < 1.29 is 14.4 Å². The van der Waals surface area contributed by atoms with Gasteiger partial charge in [0.15, 0.2) is 0 Å². The molecule has 2 rings (SSSR count). The summed E-state index contributed by atoms with van der Waals surface area (Å²) in [5, 5.41) is 6.88. The molecule has 0 atom stereocenters. The van der Waals surface area contributed by atoms with E-state index in [1.807, 2.05) is 54.6 Å². The van der Waals surface area contributed by atoms with Gasteiger partial charge in [-0.1, -0.05) is 23.4 Å². The predicted octanol–water partition coefficient (Wildman–Crippen LogP) is 3.46. The summed E-state index contributed by atoms with van der Waals surface area (Å²) in [6.45, 7) is 0. The maximum Gasteiger partial charge on any atom is 0.224 e. The molecule has 0 aliphatic rings. The van der Waals surface area contributed by atoms with Gasteiger partial charge < -0.3 is 14.9 Å². The van der Waals surface area contributed by atoms with Crippen molar-refractivity contribution in [2.45, 2.75) is 12.8 Å². The van der Waals surface area contributed by atoms with E-state index >= 15 is 0 Å². The fourth-order valence-corrected chi connectivity index (χ4v) is 2.11. The summed E-state index contributed by atoms with van der Waals surface area (Å²) in [5.41, 5.74) is 2.41. The predicted molar refractivity (Wildman–Crippen MR) is 90.8 cm³/mol. The van der Waals surface area contributed by atoms with Crippen LogP contribution in [0.5, 0.6) is 5.75 Å². The summed E-state index contributed by atoms with van der Waals surface area (Å²) in [7, 11) is 3.11. The van der Waals surface area contributed by atoms with Crippen LogP contribution in [-0.4, -0.2) is 25.8 Å². The molecular formula is C18H20N2O3. The molecule has 0 unspecified atom stereocenters. The van der Waals surface area contributed by atoms with E-state index in [0.29, 0.717) is 12.8 Å². The first kappa shape index (κ1) is 16.5. The van der Waals surface area contributed by atoms with Crippen molar-refractivity contribution in [2.75, 3.05) is 19.5 Å². The van der Waals surface area contributed by atoms with Crippen LogP contribution in [0.3, 0.4) is 0 Å². The third-order valence-electron chi connectivity index (χ3n) is 3.27. The zero-order valence-electron chi connectivity index (χ0n) is 13.3. The molecule has 0 aliphatic carbocycles. The first-order valence-corrected chi connectivity index (χ1v) is 7.32. The average molecular weight is 312 g/mol. The molecule has 2 aromatic carbocycles. The second-order valence-corrected chi connectivity index (χ2v) is 4.86. The summed E-state index contributed by atoms with van der Waals surface area (Å²) >= 11 is 0. The van der Waals surface area contributed by atoms with Crippen molar-refractivity contribution in [3.8, 4) is 5.75 Å². The van der Waals surface area contributed by atoms with E-state index in [2.05, 4.69) is 10.5 Å². The first-order chi connectivity index (χ1) is 11.2. The Bertz CT molecular complexity index is 652. The van der Waals surface area contributed by atoms with Gasteiger partial charge in [0.1, 0.15) is 12.9 Å². The maximum absolute atomic E-state index is 12.0. The number of ether oxygens (including phenoxy) is 1. The van der Waals surface area contributed by atoms with Crippen molar-refractivity contribution in [1.29, 1.82) is 0 Å². The van der Waals surface area contributed by atoms with Crippen LogP contribution in [-0.2, 0) is 9.63 Å². The number of anilines is 1. The quantitative estimate of drug-likeness (QED) is 0.629. The van der Waals surface area contributed by atoms with Gasteiger partial charge in [-0.05, 0) is 42.0 Å². The molecule has 1 N–H and O–H groups in total. The van der Waals surface area contributed by atoms with Gasteiger partial charge in [0.2, 0.25) is 5.91 Å². The van der Waals surface area contributed by atoms with Crippen molar-refractivity contribution in [3.05, 3.63) is 60.2 Å². The summed E-state index contributed by atoms with van der Waals surface area (Å²) in [6, 6.07) is 16.9. The minimum absolute atomic E-state index is 0.0616. The largest absolute Gasteiger partial charge is 0.497 e. The van der Waals surface area contributed by atoms with Crippen LogP contribution in [0.15, 0.2) is 59.8 Å². The normalized spacial score (nSPS) is 11.0. The molecule has 0 saturated heterocycles. The Balaban J connectivity index is 1.96. The van der Waals surface area contributed by atoms with Gasteiger partial charge in [0.05, 0.1) is 12.8 Å². The number of benzene rings is 2. The number of rotatable bonds is 7. The van der Waals surface area contributed by atoms with Crippen LogP contribution in [0, 0.1) is 0 Å². The van der Waals surface area contributed by atoms with Gasteiger partial charge in [-0.3, -0.25) is 4.79 Å². The molecule has 0 radical (unpaired) electrons. The highest BCUT2D eigenvalue weighted by Gasteiger charge is 2.09. The van der Waals surface area contributed by atoms with Crippen molar-refractivity contribution in [2.24, 2.45) is 5.16 Å². The van der Waals surface area contributed by atoms with Gasteiger partial charge in [0, 0.05) is 18.5 Å². The first-order valence-electron chi connectivity index (χ1n) is 7.32. The highest BCUT2D eigenvalue weighted by Crippen LogP contribution is 2.15. The van der Waals surface area contributed by atoms with E-state index in [-0.39, 0.29) is 5.91 Å². The van der Waals surface area contributed by atoms with Crippen LogP contribution < -0.4 is 10.1 Å². The summed E-state index contributed by atoms with van der Waals surface area (Å²) < 4.78 is 5.14. The number of hydrogen-bond donors (Lipinski definition) is 1. The second kappa shape index (κ2) is 8.58. The summed E-state index contributed by atoms with van der Waals surface area (Å²) in [4.78, 5) is 16.9. The Kier molecular flexibility index (Phi) is 6.17. The lowest BCUT2D eigenvalue weighted by Crippen LogP contribution is -2.14. The fraction of sp³-hybridized carbons (Fsp3) is 0.222. The summed E-state index contributed by atoms with van der Waals surface area (Å²) in [5.74, 6) is 0.709. The molecule has 0 aromatic heterocycles. The second-order valence-electron chi connectivity index (χ2n) is 4.86. The Hall–Kier alpha value is -2.82. The van der Waals surface area contributed by atoms with E-state index in [1.54, 1.807) is 7.11 Å². The van der Waals surface area contributed by atoms with Gasteiger partial charge >= 0.3 is 0 Å². The monoisotopic (exact) mass is 312 g/mol. The van der Waals surface area contributed by atoms with Crippen LogP contribution in [0.25, 0.3) is 0 Å². The lowest BCUT2D eigenvalue weighted by molar-refractivity contribution is -0.116. The highest BCUT2D eigenvalue weighted by atomic mass is 16.6. The molecule has 1 amide bonds. The van der Waals surface area contributed by atoms with E-state index < -0.39 is 0 Å². The van der Waals surface area contributed by atoms with Crippen LogP contribution in [0.2, 0.25) is 0 Å². The number of para-hydroxylation sites is 1. The Morgan fingerprint density at radius 1 is 1.00 bits per heavy atom. The molecule has 0 heterocycles. The van der Waals surface area contributed by atoms with Crippen molar-refractivity contribution >= 4 is 17.3 Å². The molecule has 0 saturated carbocycles. The molecule has 2 aromatic rings. The van der Waals surface area contributed by atoms with E-state index in [0.717, 1.165) is 22.7 Å². The zero-order valence-corrected chi connectivity index (χ0v) is 13.3. The SMILES string of the molecule is CON=C(CCC(=O)Nc1ccccc1)c1ccc(OC)cc1. The van der Waals surface area contributed by atoms with Gasteiger partial charge in [0.25, 0.3) is 0 Å². The summed E-state index contributed by atoms with van der Waals surface area (Å²) in [6.07, 6.45) is 0.807. The zero-order chi connectivity index (χ0) is 16.5. The molecule has 120 valence electrons. The topological polar surface area (TPSA) is 59.9 Å². The lowest BCUT2D eigenvalue weighted by Gasteiger charge is -2.08. The van der Waals surface area contributed by atoms with E-state index in [9.17, 15) is 4.79 Å². The molecule has 0 bridgehead atoms. The Labute approximate surface area is 135 Å². The smallest absolute Gasteiger partial charge is 0.224 e. The lowest BCUT2D eigenvalue weighted by atomic mass is 10.1. The highest BCUT2D eigenvalue weighted by molar-refractivity contribution is 6.03. The molecule has 5 heteroatoms. The van der Waals surface area contributed by atoms with E-state index in [4.69, 9.17) is 9.57 Å². The molecule has 0 fully saturated rings. The number of nitrogens with zero attached hydrogens (tertiary/aromatic N) is 1. The number of hydrogen-bond acceptors (Lipinski definition) is 4. The van der Waals surface area contributed by atoms with Gasteiger partial charge in [-0.15, -0.1) is 0 Å². The number of amides is 1. The van der Waals surface area contributed by atoms with Gasteiger partial charge in [-0.2, -0.15) is 0 Å². The third kappa shape index (κ3) is 5.14. The minimum Gasteiger partial charge on any atom is -0.497 e. The number of oxime groups is 1. The maximum atomic E-state index is 12.0. The molecule has 23 heavy (non-hydrogen) atoms. The number of nitrogens with one attached hydrogen (secondary N) is 1. The van der Waals surface area contributed by atoms with Crippen LogP contribution >= 0.6 is 0 Å². The third-order valence-corrected chi connectivity index (χ3v) is 3.27. The Morgan fingerprint density at radius 2 is 1.70 bits per heavy atom. The van der Waals surface area contributed by atoms with Crippen molar-refractivity contribution in [1.82, 2.24) is 0 Å². The molecular weight excluding hydrogens is 292 g/mol. The molecule has 0 spiro atoms. The average Bonchev–Trinajstić information content (AvgIpc) is 2.59. The number of carbonyl (C=O) groups is 1. The van der Waals surface area contributed by atoms with Crippen LogP contribution in [0.4, 0.5) is 5.69 Å². The minimum atomic E-state index is -0.0616. The van der Waals surface area contributed by atoms with E-state index in [1.165, 1.54) is 7.11 Å². The molecule has 5 nitrogen and oxygen atoms in total. The van der Waals surface area contributed by atoms with Gasteiger partial charge in [-0.25, -0.2) is 0 Å². The number of carbonyl (C=O) groups excluding carboxylic acids is 1. The Morgan fingerprint density at radius 3 is 2.30 bits per heavy atom.